The van der Waals surface area contributed by atoms with Gasteiger partial charge in [0.05, 0.1) is 6.61 Å². The van der Waals surface area contributed by atoms with Crippen molar-refractivity contribution in [1.29, 1.82) is 0 Å². The second-order valence-corrected chi connectivity index (χ2v) is 5.10. The fourth-order valence-corrected chi connectivity index (χ4v) is 1.94. The Bertz CT molecular complexity index is 472. The minimum atomic E-state index is -0.905. The van der Waals surface area contributed by atoms with Crippen LogP contribution in [0.15, 0.2) is 12.1 Å². The number of hydrogen-bond donors (Lipinski definition) is 2. The molecule has 0 fully saturated rings. The first-order valence-corrected chi connectivity index (χ1v) is 6.64. The van der Waals surface area contributed by atoms with Gasteiger partial charge in [0.2, 0.25) is 0 Å². The van der Waals surface area contributed by atoms with Gasteiger partial charge in [0.1, 0.15) is 5.69 Å². The molecule has 118 valence electrons. The zero-order valence-corrected chi connectivity index (χ0v) is 12.5. The van der Waals surface area contributed by atoms with Crippen molar-refractivity contribution in [3.05, 3.63) is 29.3 Å². The van der Waals surface area contributed by atoms with Gasteiger partial charge in [0.25, 0.3) is 5.91 Å². The van der Waals surface area contributed by atoms with E-state index in [-0.39, 0.29) is 11.5 Å². The lowest BCUT2D eigenvalue weighted by Crippen LogP contribution is -2.36. The number of nitrogen functional groups attached to an aromatic ring is 1. The molecular weight excluding hydrogens is 280 g/mol. The number of ether oxygens (including phenoxy) is 1. The van der Waals surface area contributed by atoms with Crippen LogP contribution in [0.1, 0.15) is 24.2 Å². The highest BCUT2D eigenvalue weighted by molar-refractivity contribution is 5.94. The molecule has 21 heavy (non-hydrogen) atoms. The van der Waals surface area contributed by atoms with Gasteiger partial charge >= 0.3 is 0 Å². The molecule has 0 unspecified atom stereocenters. The summed E-state index contributed by atoms with van der Waals surface area (Å²) in [6, 6.07) is 1.95. The molecular formula is C14H21F2N3O2. The van der Waals surface area contributed by atoms with E-state index in [1.807, 2.05) is 19.3 Å². The van der Waals surface area contributed by atoms with Crippen molar-refractivity contribution in [1.82, 2.24) is 4.90 Å². The summed E-state index contributed by atoms with van der Waals surface area (Å²) in [5.74, 6) is 3.00. The van der Waals surface area contributed by atoms with Gasteiger partial charge in [-0.1, -0.05) is 13.8 Å². The predicted octanol–water partition coefficient (Wildman–Crippen LogP) is 2.00. The van der Waals surface area contributed by atoms with Crippen LogP contribution in [0.3, 0.4) is 0 Å². The maximum Gasteiger partial charge on any atom is 0.254 e. The topological polar surface area (TPSA) is 67.6 Å². The van der Waals surface area contributed by atoms with Gasteiger partial charge in [-0.25, -0.2) is 8.78 Å². The van der Waals surface area contributed by atoms with Crippen molar-refractivity contribution in [3.8, 4) is 0 Å². The molecule has 1 amide bonds. The minimum absolute atomic E-state index is 0.0549. The van der Waals surface area contributed by atoms with Gasteiger partial charge in [0.15, 0.2) is 11.6 Å². The third kappa shape index (κ3) is 4.64. The Balaban J connectivity index is 3.02. The molecule has 0 saturated carbocycles. The number of rotatable bonds is 7. The highest BCUT2D eigenvalue weighted by Gasteiger charge is 2.20. The van der Waals surface area contributed by atoms with E-state index >= 15 is 0 Å². The first kappa shape index (κ1) is 17.3. The smallest absolute Gasteiger partial charge is 0.254 e. The number of hydrazine groups is 1. The summed E-state index contributed by atoms with van der Waals surface area (Å²) in [4.78, 5) is 13.9. The molecule has 0 saturated heterocycles. The minimum Gasteiger partial charge on any atom is -0.383 e. The highest BCUT2D eigenvalue weighted by atomic mass is 19.1. The van der Waals surface area contributed by atoms with Gasteiger partial charge in [-0.05, 0) is 18.1 Å². The molecule has 0 spiro atoms. The zero-order valence-electron chi connectivity index (χ0n) is 12.5. The maximum absolute atomic E-state index is 13.7. The number of nitrogens with two attached hydrogens (primary N) is 1. The quantitative estimate of drug-likeness (QED) is 0.597. The molecule has 0 aliphatic heterocycles. The standard InChI is InChI=1S/C14H21F2N3O2/c1-9(2)8-19(4-5-21-3)14(20)10-6-11(15)13(18-17)12(16)7-10/h6-7,9,18H,4-5,8,17H2,1-3H3. The largest absolute Gasteiger partial charge is 0.383 e. The van der Waals surface area contributed by atoms with E-state index < -0.39 is 23.2 Å². The normalized spacial score (nSPS) is 10.8. The van der Waals surface area contributed by atoms with Gasteiger partial charge < -0.3 is 15.1 Å². The van der Waals surface area contributed by atoms with E-state index in [4.69, 9.17) is 10.6 Å². The van der Waals surface area contributed by atoms with Crippen LogP contribution < -0.4 is 11.3 Å². The molecule has 1 rings (SSSR count). The van der Waals surface area contributed by atoms with Crippen LogP contribution in [0.5, 0.6) is 0 Å². The number of nitrogens with zero attached hydrogens (tertiary/aromatic N) is 1. The summed E-state index contributed by atoms with van der Waals surface area (Å²) < 4.78 is 32.3. The van der Waals surface area contributed by atoms with Crippen LogP contribution in [0.4, 0.5) is 14.5 Å². The molecule has 5 nitrogen and oxygen atoms in total. The second-order valence-electron chi connectivity index (χ2n) is 5.10. The molecule has 0 aliphatic rings. The number of carbonyl (C=O) groups excluding carboxylic acids is 1. The molecule has 0 radical (unpaired) electrons. The van der Waals surface area contributed by atoms with Crippen molar-refractivity contribution in [2.45, 2.75) is 13.8 Å². The number of halogens is 2. The molecule has 0 aromatic heterocycles. The first-order chi connectivity index (χ1) is 9.90. The molecule has 0 heterocycles. The molecule has 1 aromatic rings. The van der Waals surface area contributed by atoms with Crippen molar-refractivity contribution >= 4 is 11.6 Å². The Morgan fingerprint density at radius 3 is 2.38 bits per heavy atom. The van der Waals surface area contributed by atoms with Crippen LogP contribution in [-0.2, 0) is 4.74 Å². The fourth-order valence-electron chi connectivity index (χ4n) is 1.94. The molecule has 0 bridgehead atoms. The summed E-state index contributed by atoms with van der Waals surface area (Å²) in [6.07, 6.45) is 0. The van der Waals surface area contributed by atoms with E-state index in [0.717, 1.165) is 12.1 Å². The van der Waals surface area contributed by atoms with E-state index in [0.29, 0.717) is 19.7 Å². The Morgan fingerprint density at radius 1 is 1.38 bits per heavy atom. The maximum atomic E-state index is 13.7. The van der Waals surface area contributed by atoms with Gasteiger partial charge in [-0.3, -0.25) is 10.6 Å². The lowest BCUT2D eigenvalue weighted by Gasteiger charge is -2.24. The number of benzene rings is 1. The fraction of sp³-hybridized carbons (Fsp3) is 0.500. The van der Waals surface area contributed by atoms with Crippen molar-refractivity contribution in [2.24, 2.45) is 11.8 Å². The van der Waals surface area contributed by atoms with E-state index in [2.05, 4.69) is 0 Å². The monoisotopic (exact) mass is 301 g/mol. The Kier molecular flexibility index (Phi) is 6.51. The number of amides is 1. The molecule has 1 aromatic carbocycles. The predicted molar refractivity (Wildman–Crippen MR) is 76.8 cm³/mol. The van der Waals surface area contributed by atoms with Gasteiger partial charge in [-0.2, -0.15) is 0 Å². The summed E-state index contributed by atoms with van der Waals surface area (Å²) in [6.45, 7) is 5.09. The summed E-state index contributed by atoms with van der Waals surface area (Å²) >= 11 is 0. The zero-order chi connectivity index (χ0) is 16.0. The van der Waals surface area contributed by atoms with Crippen molar-refractivity contribution < 1.29 is 18.3 Å². The van der Waals surface area contributed by atoms with Crippen molar-refractivity contribution in [2.75, 3.05) is 32.2 Å². The van der Waals surface area contributed by atoms with Crippen LogP contribution in [0.2, 0.25) is 0 Å². The number of nitrogens with one attached hydrogen (secondary N) is 1. The van der Waals surface area contributed by atoms with E-state index in [9.17, 15) is 13.6 Å². The Hall–Kier alpha value is -1.73. The number of carbonyl (C=O) groups is 1. The number of methoxy groups -OCH3 is 1. The summed E-state index contributed by atoms with van der Waals surface area (Å²) in [5.41, 5.74) is 1.42. The highest BCUT2D eigenvalue weighted by Crippen LogP contribution is 2.21. The first-order valence-electron chi connectivity index (χ1n) is 6.64. The third-order valence-electron chi connectivity index (χ3n) is 2.87. The number of hydrogen-bond acceptors (Lipinski definition) is 4. The average molecular weight is 301 g/mol. The van der Waals surface area contributed by atoms with E-state index in [1.165, 1.54) is 12.0 Å². The molecule has 3 N–H and O–H groups in total. The van der Waals surface area contributed by atoms with Crippen molar-refractivity contribution in [3.63, 3.8) is 0 Å². The van der Waals surface area contributed by atoms with Crippen LogP contribution in [0, 0.1) is 17.6 Å². The van der Waals surface area contributed by atoms with Gasteiger partial charge in [0, 0.05) is 25.8 Å². The summed E-state index contributed by atoms with van der Waals surface area (Å²) in [5, 5.41) is 0. The van der Waals surface area contributed by atoms with Crippen LogP contribution in [-0.4, -0.2) is 37.6 Å². The van der Waals surface area contributed by atoms with Crippen LogP contribution >= 0.6 is 0 Å². The number of anilines is 1. The molecule has 0 aliphatic carbocycles. The lowest BCUT2D eigenvalue weighted by atomic mass is 10.1. The lowest BCUT2D eigenvalue weighted by molar-refractivity contribution is 0.0671. The van der Waals surface area contributed by atoms with Crippen LogP contribution in [0.25, 0.3) is 0 Å². The van der Waals surface area contributed by atoms with Gasteiger partial charge in [-0.15, -0.1) is 0 Å². The second kappa shape index (κ2) is 7.90. The Morgan fingerprint density at radius 2 is 1.95 bits per heavy atom. The SMILES string of the molecule is COCCN(CC(C)C)C(=O)c1cc(F)c(NN)c(F)c1. The van der Waals surface area contributed by atoms with E-state index in [1.54, 1.807) is 0 Å². The molecule has 7 heteroatoms. The molecule has 0 atom stereocenters. The average Bonchev–Trinajstić information content (AvgIpc) is 2.41. The summed E-state index contributed by atoms with van der Waals surface area (Å²) in [7, 11) is 1.53. The Labute approximate surface area is 123 Å². The third-order valence-corrected chi connectivity index (χ3v) is 2.87.